The summed E-state index contributed by atoms with van der Waals surface area (Å²) in [6, 6.07) is 19.4. The van der Waals surface area contributed by atoms with Crippen molar-refractivity contribution in [2.45, 2.75) is 10.1 Å². The van der Waals surface area contributed by atoms with Crippen molar-refractivity contribution in [2.24, 2.45) is 5.73 Å². The number of thioether (sulfide) groups is 1. The van der Waals surface area contributed by atoms with E-state index in [4.69, 9.17) is 5.73 Å². The SMILES string of the molecule is NC(=O)[C@H](Sc1ccccc1)c1ccccc1. The molecule has 0 spiro atoms. The summed E-state index contributed by atoms with van der Waals surface area (Å²) in [5.41, 5.74) is 6.40. The molecular weight excluding hydrogens is 230 g/mol. The van der Waals surface area contributed by atoms with E-state index in [1.54, 1.807) is 0 Å². The van der Waals surface area contributed by atoms with Crippen molar-refractivity contribution in [2.75, 3.05) is 0 Å². The molecule has 2 nitrogen and oxygen atoms in total. The smallest absolute Gasteiger partial charge is 0.235 e. The van der Waals surface area contributed by atoms with E-state index < -0.39 is 0 Å². The summed E-state index contributed by atoms with van der Waals surface area (Å²) in [4.78, 5) is 12.5. The monoisotopic (exact) mass is 243 g/mol. The molecule has 1 atom stereocenters. The van der Waals surface area contributed by atoms with E-state index in [1.165, 1.54) is 11.8 Å². The lowest BCUT2D eigenvalue weighted by Crippen LogP contribution is -2.18. The number of nitrogens with two attached hydrogens (primary N) is 1. The molecule has 0 heterocycles. The van der Waals surface area contributed by atoms with Crippen molar-refractivity contribution in [3.05, 3.63) is 66.2 Å². The molecule has 0 fully saturated rings. The quantitative estimate of drug-likeness (QED) is 0.839. The maximum absolute atomic E-state index is 11.5. The second-order valence-corrected chi connectivity index (χ2v) is 4.80. The van der Waals surface area contributed by atoms with Gasteiger partial charge in [0.15, 0.2) is 0 Å². The second-order valence-electron chi connectivity index (χ2n) is 3.62. The minimum absolute atomic E-state index is 0.315. The molecule has 0 aliphatic heterocycles. The van der Waals surface area contributed by atoms with Crippen molar-refractivity contribution >= 4 is 17.7 Å². The van der Waals surface area contributed by atoms with E-state index >= 15 is 0 Å². The van der Waals surface area contributed by atoms with Crippen molar-refractivity contribution in [3.8, 4) is 0 Å². The van der Waals surface area contributed by atoms with Gasteiger partial charge in [-0.3, -0.25) is 4.79 Å². The third-order valence-electron chi connectivity index (χ3n) is 2.36. The molecule has 2 N–H and O–H groups in total. The second kappa shape index (κ2) is 5.55. The number of benzene rings is 2. The molecule has 0 aliphatic carbocycles. The van der Waals surface area contributed by atoms with Crippen molar-refractivity contribution in [1.29, 1.82) is 0 Å². The van der Waals surface area contributed by atoms with Crippen molar-refractivity contribution < 1.29 is 4.79 Å². The van der Waals surface area contributed by atoms with E-state index in [-0.39, 0.29) is 11.2 Å². The van der Waals surface area contributed by atoms with Crippen LogP contribution in [0.1, 0.15) is 10.8 Å². The average molecular weight is 243 g/mol. The summed E-state index contributed by atoms with van der Waals surface area (Å²) in [5.74, 6) is -0.315. The fraction of sp³-hybridized carbons (Fsp3) is 0.0714. The van der Waals surface area contributed by atoms with Gasteiger partial charge in [0.25, 0.3) is 0 Å². The summed E-state index contributed by atoms with van der Waals surface area (Å²) in [6.07, 6.45) is 0. The van der Waals surface area contributed by atoms with Gasteiger partial charge in [0, 0.05) is 4.90 Å². The fourth-order valence-electron chi connectivity index (χ4n) is 1.55. The Hall–Kier alpha value is -1.74. The highest BCUT2D eigenvalue weighted by Crippen LogP contribution is 2.34. The molecule has 2 rings (SSSR count). The van der Waals surface area contributed by atoms with Crippen LogP contribution in [0, 0.1) is 0 Å². The Balaban J connectivity index is 2.23. The lowest BCUT2D eigenvalue weighted by Gasteiger charge is -2.13. The summed E-state index contributed by atoms with van der Waals surface area (Å²) < 4.78 is 0. The fourth-order valence-corrected chi connectivity index (χ4v) is 2.55. The zero-order valence-electron chi connectivity index (χ0n) is 9.24. The minimum atomic E-state index is -0.335. The van der Waals surface area contributed by atoms with E-state index in [0.717, 1.165) is 10.5 Å². The Morgan fingerprint density at radius 1 is 0.941 bits per heavy atom. The maximum atomic E-state index is 11.5. The molecule has 3 heteroatoms. The van der Waals surface area contributed by atoms with Gasteiger partial charge in [0.2, 0.25) is 5.91 Å². The molecule has 0 unspecified atom stereocenters. The first-order valence-electron chi connectivity index (χ1n) is 5.33. The van der Waals surface area contributed by atoms with Crippen LogP contribution >= 0.6 is 11.8 Å². The molecule has 0 saturated heterocycles. The first-order chi connectivity index (χ1) is 8.27. The van der Waals surface area contributed by atoms with Crippen LogP contribution in [0.25, 0.3) is 0 Å². The summed E-state index contributed by atoms with van der Waals surface area (Å²) in [7, 11) is 0. The van der Waals surface area contributed by atoms with Gasteiger partial charge in [-0.25, -0.2) is 0 Å². The van der Waals surface area contributed by atoms with Crippen LogP contribution in [0.3, 0.4) is 0 Å². The third kappa shape index (κ3) is 3.11. The van der Waals surface area contributed by atoms with Crippen LogP contribution in [-0.4, -0.2) is 5.91 Å². The van der Waals surface area contributed by atoms with E-state index in [1.807, 2.05) is 60.7 Å². The normalized spacial score (nSPS) is 12.0. The van der Waals surface area contributed by atoms with Gasteiger partial charge >= 0.3 is 0 Å². The zero-order valence-corrected chi connectivity index (χ0v) is 10.1. The van der Waals surface area contributed by atoms with Gasteiger partial charge in [-0.1, -0.05) is 48.5 Å². The molecule has 17 heavy (non-hydrogen) atoms. The molecule has 86 valence electrons. The Labute approximate surface area is 105 Å². The Kier molecular flexibility index (Phi) is 3.83. The molecule has 0 saturated carbocycles. The van der Waals surface area contributed by atoms with E-state index in [2.05, 4.69) is 0 Å². The van der Waals surface area contributed by atoms with Gasteiger partial charge in [-0.15, -0.1) is 11.8 Å². The number of primary amides is 1. The van der Waals surface area contributed by atoms with Gasteiger partial charge < -0.3 is 5.73 Å². The van der Waals surface area contributed by atoms with Gasteiger partial charge in [0.05, 0.1) is 0 Å². The lowest BCUT2D eigenvalue weighted by molar-refractivity contribution is -0.117. The van der Waals surface area contributed by atoms with E-state index in [9.17, 15) is 4.79 Å². The zero-order chi connectivity index (χ0) is 12.1. The van der Waals surface area contributed by atoms with Gasteiger partial charge in [-0.05, 0) is 17.7 Å². The molecule has 2 aromatic rings. The number of carbonyl (C=O) groups excluding carboxylic acids is 1. The van der Waals surface area contributed by atoms with Crippen molar-refractivity contribution in [3.63, 3.8) is 0 Å². The number of hydrogen-bond acceptors (Lipinski definition) is 2. The van der Waals surface area contributed by atoms with Crippen LogP contribution in [0.4, 0.5) is 0 Å². The minimum Gasteiger partial charge on any atom is -0.368 e. The molecular formula is C14H13NOS. The maximum Gasteiger partial charge on any atom is 0.235 e. The lowest BCUT2D eigenvalue weighted by atomic mass is 10.1. The first-order valence-corrected chi connectivity index (χ1v) is 6.21. The summed E-state index contributed by atoms with van der Waals surface area (Å²) in [5, 5.41) is -0.335. The van der Waals surface area contributed by atoms with Crippen LogP contribution in [0.5, 0.6) is 0 Å². The third-order valence-corrected chi connectivity index (χ3v) is 3.64. The molecule has 1 amide bonds. The standard InChI is InChI=1S/C14H13NOS/c15-14(16)13(11-7-3-1-4-8-11)17-12-9-5-2-6-10-12/h1-10,13H,(H2,15,16)/t13-/m1/s1. The van der Waals surface area contributed by atoms with Crippen LogP contribution in [-0.2, 0) is 4.79 Å². The van der Waals surface area contributed by atoms with E-state index in [0.29, 0.717) is 0 Å². The number of carbonyl (C=O) groups is 1. The number of rotatable bonds is 4. The highest BCUT2D eigenvalue weighted by Gasteiger charge is 2.18. The largest absolute Gasteiger partial charge is 0.368 e. The summed E-state index contributed by atoms with van der Waals surface area (Å²) >= 11 is 1.48. The highest BCUT2D eigenvalue weighted by molar-refractivity contribution is 8.00. The summed E-state index contributed by atoms with van der Waals surface area (Å²) in [6.45, 7) is 0. The molecule has 0 aromatic heterocycles. The molecule has 0 aliphatic rings. The first kappa shape index (κ1) is 11.7. The van der Waals surface area contributed by atoms with Crippen LogP contribution in [0.15, 0.2) is 65.6 Å². The predicted molar refractivity (Wildman–Crippen MR) is 70.7 cm³/mol. The number of hydrogen-bond donors (Lipinski definition) is 1. The Morgan fingerprint density at radius 2 is 1.47 bits per heavy atom. The van der Waals surface area contributed by atoms with Crippen LogP contribution in [0.2, 0.25) is 0 Å². The molecule has 0 bridgehead atoms. The Bertz CT molecular complexity index is 484. The average Bonchev–Trinajstić information content (AvgIpc) is 2.38. The molecule has 2 aromatic carbocycles. The highest BCUT2D eigenvalue weighted by atomic mass is 32.2. The predicted octanol–water partition coefficient (Wildman–Crippen LogP) is 3.01. The Morgan fingerprint density at radius 3 is 2.00 bits per heavy atom. The van der Waals surface area contributed by atoms with Gasteiger partial charge in [-0.2, -0.15) is 0 Å². The van der Waals surface area contributed by atoms with Crippen molar-refractivity contribution in [1.82, 2.24) is 0 Å². The number of amides is 1. The van der Waals surface area contributed by atoms with Crippen LogP contribution < -0.4 is 5.73 Å². The molecule has 0 radical (unpaired) electrons. The topological polar surface area (TPSA) is 43.1 Å². The van der Waals surface area contributed by atoms with Gasteiger partial charge in [0.1, 0.15) is 5.25 Å².